The van der Waals surface area contributed by atoms with Crippen LogP contribution in [0.4, 0.5) is 0 Å². The van der Waals surface area contributed by atoms with Crippen molar-refractivity contribution in [2.45, 2.75) is 26.5 Å². The molecule has 0 radical (unpaired) electrons. The minimum Gasteiger partial charge on any atom is -0.497 e. The van der Waals surface area contributed by atoms with E-state index >= 15 is 0 Å². The summed E-state index contributed by atoms with van der Waals surface area (Å²) in [5.74, 6) is 2.26. The predicted molar refractivity (Wildman–Crippen MR) is 124 cm³/mol. The molecular weight excluding hydrogens is 469 g/mol. The fraction of sp³-hybridized carbons (Fsp3) is 0.381. The van der Waals surface area contributed by atoms with Crippen molar-refractivity contribution in [1.82, 2.24) is 10.6 Å². The summed E-state index contributed by atoms with van der Waals surface area (Å²) in [6, 6.07) is 15.3. The fourth-order valence-electron chi connectivity index (χ4n) is 2.57. The molecule has 6 nitrogen and oxygen atoms in total. The molecule has 28 heavy (non-hydrogen) atoms. The first-order valence-electron chi connectivity index (χ1n) is 9.22. The molecule has 2 rings (SSSR count). The average Bonchev–Trinajstić information content (AvgIpc) is 2.71. The van der Waals surface area contributed by atoms with E-state index in [1.807, 2.05) is 62.4 Å². The van der Waals surface area contributed by atoms with Gasteiger partial charge >= 0.3 is 0 Å². The van der Waals surface area contributed by atoms with E-state index in [1.165, 1.54) is 0 Å². The molecule has 0 spiro atoms. The van der Waals surface area contributed by atoms with Crippen molar-refractivity contribution >= 4 is 29.9 Å². The molecule has 154 valence electrons. The maximum absolute atomic E-state index is 10.4. The molecule has 0 bridgehead atoms. The van der Waals surface area contributed by atoms with Crippen LogP contribution in [0.25, 0.3) is 0 Å². The lowest BCUT2D eigenvalue weighted by molar-refractivity contribution is 0.180. The highest BCUT2D eigenvalue weighted by atomic mass is 127. The van der Waals surface area contributed by atoms with Gasteiger partial charge in [-0.25, -0.2) is 4.99 Å². The zero-order valence-corrected chi connectivity index (χ0v) is 19.0. The van der Waals surface area contributed by atoms with E-state index in [0.717, 1.165) is 29.2 Å². The number of benzene rings is 2. The van der Waals surface area contributed by atoms with Crippen molar-refractivity contribution in [3.8, 4) is 11.5 Å². The van der Waals surface area contributed by atoms with Crippen molar-refractivity contribution in [2.24, 2.45) is 4.99 Å². The number of methoxy groups -OCH3 is 1. The van der Waals surface area contributed by atoms with Crippen LogP contribution in [0.2, 0.25) is 0 Å². The molecule has 0 fully saturated rings. The van der Waals surface area contributed by atoms with Crippen LogP contribution in [-0.2, 0) is 6.54 Å². The van der Waals surface area contributed by atoms with E-state index < -0.39 is 6.10 Å². The second-order valence-electron chi connectivity index (χ2n) is 5.91. The summed E-state index contributed by atoms with van der Waals surface area (Å²) in [5, 5.41) is 16.8. The van der Waals surface area contributed by atoms with Crippen molar-refractivity contribution in [1.29, 1.82) is 0 Å². The normalized spacial score (nSPS) is 11.9. The molecule has 1 unspecified atom stereocenters. The van der Waals surface area contributed by atoms with Crippen LogP contribution in [0, 0.1) is 0 Å². The van der Waals surface area contributed by atoms with E-state index in [0.29, 0.717) is 25.7 Å². The van der Waals surface area contributed by atoms with Crippen LogP contribution >= 0.6 is 24.0 Å². The number of ether oxygens (including phenoxy) is 2. The number of hydrogen-bond donors (Lipinski definition) is 3. The lowest BCUT2D eigenvalue weighted by atomic mass is 10.1. The van der Waals surface area contributed by atoms with Crippen LogP contribution in [0.1, 0.15) is 31.1 Å². The van der Waals surface area contributed by atoms with Gasteiger partial charge in [0.1, 0.15) is 11.5 Å². The Bertz CT molecular complexity index is 723. The zero-order valence-electron chi connectivity index (χ0n) is 16.6. The maximum atomic E-state index is 10.4. The van der Waals surface area contributed by atoms with Gasteiger partial charge in [0.15, 0.2) is 5.96 Å². The first-order chi connectivity index (χ1) is 13.2. The number of aliphatic imine (C=N–C) groups is 1. The summed E-state index contributed by atoms with van der Waals surface area (Å²) >= 11 is 0. The highest BCUT2D eigenvalue weighted by Crippen LogP contribution is 2.19. The van der Waals surface area contributed by atoms with Gasteiger partial charge in [-0.3, -0.25) is 0 Å². The number of aliphatic hydroxyl groups is 1. The Balaban J connectivity index is 0.00000392. The lowest BCUT2D eigenvalue weighted by Crippen LogP contribution is -2.39. The molecule has 3 N–H and O–H groups in total. The Morgan fingerprint density at radius 3 is 2.43 bits per heavy atom. The van der Waals surface area contributed by atoms with Gasteiger partial charge in [0.2, 0.25) is 0 Å². The maximum Gasteiger partial charge on any atom is 0.191 e. The topological polar surface area (TPSA) is 75.1 Å². The number of aliphatic hydroxyl groups excluding tert-OH is 1. The Hall–Kier alpha value is -2.00. The van der Waals surface area contributed by atoms with Crippen molar-refractivity contribution in [2.75, 3.05) is 26.8 Å². The molecule has 1 atom stereocenters. The first-order valence-corrected chi connectivity index (χ1v) is 9.22. The molecule has 2 aromatic rings. The van der Waals surface area contributed by atoms with E-state index in [1.54, 1.807) is 7.11 Å². The van der Waals surface area contributed by atoms with Gasteiger partial charge < -0.3 is 25.2 Å². The average molecular weight is 499 g/mol. The van der Waals surface area contributed by atoms with Crippen molar-refractivity contribution < 1.29 is 14.6 Å². The molecule has 0 saturated heterocycles. The first kappa shape index (κ1) is 24.0. The molecular formula is C21H30IN3O3. The van der Waals surface area contributed by atoms with Gasteiger partial charge in [0.25, 0.3) is 0 Å². The number of nitrogens with zero attached hydrogens (tertiary/aromatic N) is 1. The van der Waals surface area contributed by atoms with Crippen LogP contribution in [-0.4, -0.2) is 37.9 Å². The van der Waals surface area contributed by atoms with Crippen molar-refractivity contribution in [3.63, 3.8) is 0 Å². The van der Waals surface area contributed by atoms with E-state index in [-0.39, 0.29) is 24.0 Å². The Morgan fingerprint density at radius 1 is 1.07 bits per heavy atom. The van der Waals surface area contributed by atoms with Gasteiger partial charge in [-0.15, -0.1) is 24.0 Å². The third-order valence-corrected chi connectivity index (χ3v) is 3.99. The fourth-order valence-corrected chi connectivity index (χ4v) is 2.57. The van der Waals surface area contributed by atoms with Gasteiger partial charge in [-0.05, 0) is 37.6 Å². The molecule has 0 heterocycles. The van der Waals surface area contributed by atoms with Crippen LogP contribution in [0.3, 0.4) is 0 Å². The summed E-state index contributed by atoms with van der Waals surface area (Å²) in [7, 11) is 1.62. The molecule has 0 aliphatic rings. The molecule has 0 saturated carbocycles. The van der Waals surface area contributed by atoms with Gasteiger partial charge in [-0.1, -0.05) is 30.3 Å². The summed E-state index contributed by atoms with van der Waals surface area (Å²) in [5.41, 5.74) is 1.84. The van der Waals surface area contributed by atoms with Gasteiger partial charge in [-0.2, -0.15) is 0 Å². The molecule has 0 aliphatic heterocycles. The smallest absolute Gasteiger partial charge is 0.191 e. The molecule has 2 aromatic carbocycles. The summed E-state index contributed by atoms with van der Waals surface area (Å²) in [6.07, 6.45) is -0.643. The monoisotopic (exact) mass is 499 g/mol. The van der Waals surface area contributed by atoms with Crippen LogP contribution in [0.5, 0.6) is 11.5 Å². The third-order valence-electron chi connectivity index (χ3n) is 3.99. The Morgan fingerprint density at radius 2 is 1.79 bits per heavy atom. The number of nitrogens with one attached hydrogen (secondary N) is 2. The second-order valence-corrected chi connectivity index (χ2v) is 5.91. The van der Waals surface area contributed by atoms with E-state index in [2.05, 4.69) is 15.6 Å². The second kappa shape index (κ2) is 13.2. The minimum atomic E-state index is -0.643. The van der Waals surface area contributed by atoms with Crippen molar-refractivity contribution in [3.05, 3.63) is 59.7 Å². The van der Waals surface area contributed by atoms with Gasteiger partial charge in [0.05, 0.1) is 26.4 Å². The SMILES string of the molecule is CCNC(=NCc1ccccc1OCC)NCC(O)c1ccc(OC)cc1.I. The van der Waals surface area contributed by atoms with Crippen LogP contribution < -0.4 is 20.1 Å². The zero-order chi connectivity index (χ0) is 19.5. The quantitative estimate of drug-likeness (QED) is 0.280. The number of rotatable bonds is 9. The molecule has 0 aliphatic carbocycles. The number of guanidine groups is 1. The number of para-hydroxylation sites is 1. The number of halogens is 1. The highest BCUT2D eigenvalue weighted by molar-refractivity contribution is 14.0. The molecule has 7 heteroatoms. The highest BCUT2D eigenvalue weighted by Gasteiger charge is 2.09. The van der Waals surface area contributed by atoms with E-state index in [4.69, 9.17) is 9.47 Å². The minimum absolute atomic E-state index is 0. The predicted octanol–water partition coefficient (Wildman–Crippen LogP) is 3.50. The summed E-state index contributed by atoms with van der Waals surface area (Å²) in [6.45, 7) is 6.16. The van der Waals surface area contributed by atoms with Gasteiger partial charge in [0, 0.05) is 18.7 Å². The summed E-state index contributed by atoms with van der Waals surface area (Å²) < 4.78 is 10.8. The molecule has 0 aromatic heterocycles. The standard InChI is InChI=1S/C21H29N3O3.HI/c1-4-22-21(23-14-17-8-6-7-9-20(17)27-5-2)24-15-19(25)16-10-12-18(26-3)13-11-16;/h6-13,19,25H,4-5,14-15H2,1-3H3,(H2,22,23,24);1H. The van der Waals surface area contributed by atoms with E-state index in [9.17, 15) is 5.11 Å². The third kappa shape index (κ3) is 7.55. The lowest BCUT2D eigenvalue weighted by Gasteiger charge is -2.16. The Labute approximate surface area is 184 Å². The summed E-state index contributed by atoms with van der Waals surface area (Å²) in [4.78, 5) is 4.60. The largest absolute Gasteiger partial charge is 0.497 e. The molecule has 0 amide bonds. The van der Waals surface area contributed by atoms with Crippen LogP contribution in [0.15, 0.2) is 53.5 Å². The Kier molecular flexibility index (Phi) is 11.4. The number of hydrogen-bond acceptors (Lipinski definition) is 4.